The summed E-state index contributed by atoms with van der Waals surface area (Å²) in [6.45, 7) is 6.14. The molecule has 1 saturated carbocycles. The molecule has 3 heterocycles. The Kier molecular flexibility index (Phi) is 6.53. The molecule has 41 heavy (non-hydrogen) atoms. The van der Waals surface area contributed by atoms with E-state index in [1.807, 2.05) is 76.9 Å². The number of hydrogen-bond donors (Lipinski definition) is 2. The van der Waals surface area contributed by atoms with Gasteiger partial charge in [0.05, 0.1) is 35.3 Å². The van der Waals surface area contributed by atoms with Gasteiger partial charge in [0.15, 0.2) is 5.65 Å². The first kappa shape index (κ1) is 25.9. The van der Waals surface area contributed by atoms with Crippen molar-refractivity contribution in [1.29, 1.82) is 5.26 Å². The second kappa shape index (κ2) is 10.3. The number of aromatic nitrogens is 4. The van der Waals surface area contributed by atoms with Gasteiger partial charge in [-0.15, -0.1) is 0 Å². The Morgan fingerprint density at radius 2 is 1.90 bits per heavy atom. The molecule has 8 nitrogen and oxygen atoms in total. The molecule has 6 rings (SSSR count). The molecule has 0 aliphatic heterocycles. The summed E-state index contributed by atoms with van der Waals surface area (Å²) in [5.41, 5.74) is 6.69. The van der Waals surface area contributed by atoms with Crippen LogP contribution in [0.2, 0.25) is 0 Å². The second-order valence-corrected chi connectivity index (χ2v) is 10.7. The first-order valence-corrected chi connectivity index (χ1v) is 13.6. The van der Waals surface area contributed by atoms with E-state index in [-0.39, 0.29) is 11.9 Å². The Balaban J connectivity index is 1.22. The number of imidazole rings is 1. The van der Waals surface area contributed by atoms with Gasteiger partial charge in [0.25, 0.3) is 5.91 Å². The van der Waals surface area contributed by atoms with Gasteiger partial charge in [-0.2, -0.15) is 10.4 Å². The maximum atomic E-state index is 13.1. The third-order valence-electron chi connectivity index (χ3n) is 7.41. The van der Waals surface area contributed by atoms with Gasteiger partial charge in [0.2, 0.25) is 0 Å². The van der Waals surface area contributed by atoms with E-state index in [1.54, 1.807) is 18.5 Å². The molecule has 3 aromatic heterocycles. The van der Waals surface area contributed by atoms with Crippen LogP contribution < -0.4 is 10.6 Å². The molecule has 0 saturated heterocycles. The highest BCUT2D eigenvalue weighted by molar-refractivity contribution is 6.04. The average molecular weight is 540 g/mol. The minimum absolute atomic E-state index is 0.224. The molecule has 202 valence electrons. The van der Waals surface area contributed by atoms with Crippen molar-refractivity contribution in [3.8, 4) is 17.9 Å². The van der Waals surface area contributed by atoms with Crippen LogP contribution >= 0.6 is 0 Å². The van der Waals surface area contributed by atoms with E-state index in [2.05, 4.69) is 52.5 Å². The zero-order valence-electron chi connectivity index (χ0n) is 23.1. The standard InChI is InChI=1S/C33H29N7O/c1-22(2)40-20-28(18-36-40)37-30-8-5-15-39-29(19-35-31(30)39)12-11-24-16-25(10-9-23(24)3)32(41)38-27-7-4-6-26(17-27)33(21-34)13-14-33/h4-10,15-20,22,37H,13-14H2,1-3H3,(H,38,41). The summed E-state index contributed by atoms with van der Waals surface area (Å²) in [6, 6.07) is 19.7. The van der Waals surface area contributed by atoms with Gasteiger partial charge in [-0.05, 0) is 87.1 Å². The Hall–Kier alpha value is -5.34. The number of aryl methyl sites for hydroxylation is 1. The fraction of sp³-hybridized carbons (Fsp3) is 0.212. The molecular weight excluding hydrogens is 510 g/mol. The van der Waals surface area contributed by atoms with Crippen molar-refractivity contribution >= 4 is 28.6 Å². The number of nitriles is 1. The lowest BCUT2D eigenvalue weighted by Gasteiger charge is -2.10. The number of pyridine rings is 1. The Bertz CT molecular complexity index is 1890. The summed E-state index contributed by atoms with van der Waals surface area (Å²) in [5, 5.41) is 20.3. The first-order chi connectivity index (χ1) is 19.8. The maximum Gasteiger partial charge on any atom is 0.255 e. The third kappa shape index (κ3) is 5.16. The quantitative estimate of drug-likeness (QED) is 0.244. The molecule has 2 N–H and O–H groups in total. The lowest BCUT2D eigenvalue weighted by Crippen LogP contribution is -2.13. The monoisotopic (exact) mass is 539 g/mol. The van der Waals surface area contributed by atoms with E-state index in [9.17, 15) is 10.1 Å². The normalized spacial score (nSPS) is 13.3. The van der Waals surface area contributed by atoms with Crippen molar-refractivity contribution in [3.05, 3.63) is 107 Å². The number of carbonyl (C=O) groups is 1. The minimum Gasteiger partial charge on any atom is -0.350 e. The zero-order chi connectivity index (χ0) is 28.6. The summed E-state index contributed by atoms with van der Waals surface area (Å²) in [7, 11) is 0. The fourth-order valence-corrected chi connectivity index (χ4v) is 4.76. The third-order valence-corrected chi connectivity index (χ3v) is 7.41. The molecule has 0 radical (unpaired) electrons. The smallest absolute Gasteiger partial charge is 0.255 e. The SMILES string of the molecule is Cc1ccc(C(=O)Nc2cccc(C3(C#N)CC3)c2)cc1C#Cc1cnc2c(Nc3cnn(C(C)C)c3)cccn12. The molecule has 0 bridgehead atoms. The number of amides is 1. The number of fused-ring (bicyclic) bond motifs is 1. The number of nitrogens with one attached hydrogen (secondary N) is 2. The highest BCUT2D eigenvalue weighted by Gasteiger charge is 2.44. The van der Waals surface area contributed by atoms with Gasteiger partial charge in [0.1, 0.15) is 5.69 Å². The molecule has 2 aromatic carbocycles. The number of rotatable bonds is 6. The Morgan fingerprint density at radius 1 is 1.05 bits per heavy atom. The molecule has 1 aliphatic rings. The van der Waals surface area contributed by atoms with Crippen molar-refractivity contribution in [3.63, 3.8) is 0 Å². The topological polar surface area (TPSA) is 100 Å². The number of benzene rings is 2. The van der Waals surface area contributed by atoms with Crippen LogP contribution in [0.25, 0.3) is 5.65 Å². The first-order valence-electron chi connectivity index (χ1n) is 13.6. The van der Waals surface area contributed by atoms with Gasteiger partial charge >= 0.3 is 0 Å². The van der Waals surface area contributed by atoms with Crippen LogP contribution in [-0.4, -0.2) is 25.1 Å². The Morgan fingerprint density at radius 3 is 2.66 bits per heavy atom. The summed E-state index contributed by atoms with van der Waals surface area (Å²) < 4.78 is 3.84. The molecule has 1 aliphatic carbocycles. The average Bonchev–Trinajstić information content (AvgIpc) is 3.44. The number of anilines is 3. The van der Waals surface area contributed by atoms with Crippen LogP contribution in [-0.2, 0) is 5.41 Å². The van der Waals surface area contributed by atoms with Crippen LogP contribution in [0.5, 0.6) is 0 Å². The van der Waals surface area contributed by atoms with E-state index < -0.39 is 5.41 Å². The van der Waals surface area contributed by atoms with E-state index in [1.165, 1.54) is 0 Å². The predicted molar refractivity (Wildman–Crippen MR) is 159 cm³/mol. The fourth-order valence-electron chi connectivity index (χ4n) is 4.76. The predicted octanol–water partition coefficient (Wildman–Crippen LogP) is 6.37. The van der Waals surface area contributed by atoms with Crippen molar-refractivity contribution < 1.29 is 4.79 Å². The molecule has 0 spiro atoms. The van der Waals surface area contributed by atoms with Crippen LogP contribution in [0.15, 0.2) is 79.4 Å². The van der Waals surface area contributed by atoms with Crippen LogP contribution in [0.3, 0.4) is 0 Å². The molecule has 1 fully saturated rings. The van der Waals surface area contributed by atoms with Gasteiger partial charge in [-0.25, -0.2) is 4.98 Å². The highest BCUT2D eigenvalue weighted by atomic mass is 16.1. The molecule has 0 unspecified atom stereocenters. The highest BCUT2D eigenvalue weighted by Crippen LogP contribution is 2.47. The zero-order valence-corrected chi connectivity index (χ0v) is 23.1. The minimum atomic E-state index is -0.404. The molecule has 0 atom stereocenters. The number of nitrogens with zero attached hydrogens (tertiary/aromatic N) is 5. The summed E-state index contributed by atoms with van der Waals surface area (Å²) in [5.74, 6) is 6.24. The lowest BCUT2D eigenvalue weighted by molar-refractivity contribution is 0.102. The van der Waals surface area contributed by atoms with Crippen molar-refractivity contribution in [2.75, 3.05) is 10.6 Å². The van der Waals surface area contributed by atoms with Gasteiger partial charge < -0.3 is 10.6 Å². The van der Waals surface area contributed by atoms with Crippen LogP contribution in [0, 0.1) is 30.1 Å². The Labute approximate surface area is 238 Å². The van der Waals surface area contributed by atoms with Crippen molar-refractivity contribution in [1.82, 2.24) is 19.2 Å². The van der Waals surface area contributed by atoms with Gasteiger partial charge in [0, 0.05) is 35.2 Å². The van der Waals surface area contributed by atoms with E-state index in [0.29, 0.717) is 11.3 Å². The summed E-state index contributed by atoms with van der Waals surface area (Å²) in [4.78, 5) is 17.7. The van der Waals surface area contributed by atoms with Crippen molar-refractivity contribution in [2.24, 2.45) is 0 Å². The number of hydrogen-bond acceptors (Lipinski definition) is 5. The number of carbonyl (C=O) groups excluding carboxylic acids is 1. The molecule has 1 amide bonds. The summed E-state index contributed by atoms with van der Waals surface area (Å²) in [6.07, 6.45) is 9.15. The van der Waals surface area contributed by atoms with Gasteiger partial charge in [-0.3, -0.25) is 13.9 Å². The van der Waals surface area contributed by atoms with Crippen LogP contribution in [0.4, 0.5) is 17.1 Å². The summed E-state index contributed by atoms with van der Waals surface area (Å²) >= 11 is 0. The lowest BCUT2D eigenvalue weighted by atomic mass is 9.97. The van der Waals surface area contributed by atoms with E-state index in [0.717, 1.165) is 52.2 Å². The maximum absolute atomic E-state index is 13.1. The van der Waals surface area contributed by atoms with Crippen molar-refractivity contribution in [2.45, 2.75) is 45.1 Å². The van der Waals surface area contributed by atoms with E-state index >= 15 is 0 Å². The molecule has 5 aromatic rings. The second-order valence-electron chi connectivity index (χ2n) is 10.7. The van der Waals surface area contributed by atoms with Gasteiger partial charge in [-0.1, -0.05) is 24.1 Å². The van der Waals surface area contributed by atoms with Crippen LogP contribution in [0.1, 0.15) is 65.5 Å². The molecule has 8 heteroatoms. The van der Waals surface area contributed by atoms with E-state index in [4.69, 9.17) is 0 Å². The largest absolute Gasteiger partial charge is 0.350 e. The molecular formula is C33H29N7O.